The maximum atomic E-state index is 13.2. The largest absolute Gasteiger partial charge is 0.462 e. The molecule has 1 aliphatic rings. The average Bonchev–Trinajstić information content (AvgIpc) is 2.93. The molecule has 2 aromatic carbocycles. The van der Waals surface area contributed by atoms with Gasteiger partial charge in [-0.05, 0) is 44.0 Å². The second-order valence-corrected chi connectivity index (χ2v) is 7.38. The van der Waals surface area contributed by atoms with Crippen LogP contribution in [0.4, 0.5) is 0 Å². The summed E-state index contributed by atoms with van der Waals surface area (Å²) in [6.45, 7) is 4.15. The molecule has 0 atom stereocenters. The summed E-state index contributed by atoms with van der Waals surface area (Å²) in [5.41, 5.74) is 2.67. The van der Waals surface area contributed by atoms with Gasteiger partial charge in [0, 0.05) is 27.9 Å². The minimum atomic E-state index is -0.532. The van der Waals surface area contributed by atoms with Gasteiger partial charge in [0.25, 0.3) is 5.91 Å². The number of nitrogens with zero attached hydrogens (tertiary/aromatic N) is 1. The molecule has 150 valence electrons. The summed E-state index contributed by atoms with van der Waals surface area (Å²) in [5, 5.41) is 0.808. The summed E-state index contributed by atoms with van der Waals surface area (Å²) in [7, 11) is 0. The lowest BCUT2D eigenvalue weighted by Crippen LogP contribution is -2.27. The fraction of sp³-hybridized carbons (Fsp3) is 0.217. The van der Waals surface area contributed by atoms with Gasteiger partial charge in [0.15, 0.2) is 0 Å². The molecule has 0 bridgehead atoms. The number of amides is 1. The third-order valence-electron chi connectivity index (χ3n) is 4.75. The molecule has 0 saturated carbocycles. The Morgan fingerprint density at radius 3 is 2.34 bits per heavy atom. The summed E-state index contributed by atoms with van der Waals surface area (Å²) < 4.78 is 5.20. The highest BCUT2D eigenvalue weighted by Crippen LogP contribution is 2.35. The highest BCUT2D eigenvalue weighted by Gasteiger charge is 2.37. The van der Waals surface area contributed by atoms with Crippen LogP contribution in [-0.4, -0.2) is 29.9 Å². The van der Waals surface area contributed by atoms with Crippen molar-refractivity contribution in [2.75, 3.05) is 13.2 Å². The third kappa shape index (κ3) is 4.55. The maximum Gasteiger partial charge on any atom is 0.340 e. The molecule has 0 N–H and O–H groups in total. The zero-order valence-electron chi connectivity index (χ0n) is 16.2. The van der Waals surface area contributed by atoms with Gasteiger partial charge in [-0.3, -0.25) is 4.79 Å². The SMILES string of the molecule is CCOC(=O)C1=C(C)N(CCc2ccccc2)C(=O)/C1=C\c1c(Cl)cccc1Cl. The third-order valence-corrected chi connectivity index (χ3v) is 5.41. The Morgan fingerprint density at radius 1 is 1.07 bits per heavy atom. The number of rotatable bonds is 6. The lowest BCUT2D eigenvalue weighted by atomic mass is 10.0. The van der Waals surface area contributed by atoms with Crippen LogP contribution < -0.4 is 0 Å². The van der Waals surface area contributed by atoms with Gasteiger partial charge >= 0.3 is 5.97 Å². The number of halogens is 2. The number of carbonyl (C=O) groups excluding carboxylic acids is 2. The second-order valence-electron chi connectivity index (χ2n) is 6.57. The van der Waals surface area contributed by atoms with E-state index < -0.39 is 5.97 Å². The standard InChI is InChI=1S/C23H21Cl2NO3/c1-3-29-23(28)21-15(2)26(13-12-16-8-5-4-6-9-16)22(27)18(21)14-17-19(24)10-7-11-20(17)25/h4-11,14H,3,12-13H2,1-2H3/b18-14-. The predicted octanol–water partition coefficient (Wildman–Crippen LogP) is 5.30. The molecular weight excluding hydrogens is 409 g/mol. The number of hydrogen-bond donors (Lipinski definition) is 0. The first-order chi connectivity index (χ1) is 13.9. The van der Waals surface area contributed by atoms with Gasteiger partial charge in [-0.15, -0.1) is 0 Å². The number of benzene rings is 2. The van der Waals surface area contributed by atoms with Crippen LogP contribution >= 0.6 is 23.2 Å². The quantitative estimate of drug-likeness (QED) is 0.462. The fourth-order valence-corrected chi connectivity index (χ4v) is 3.78. The average molecular weight is 430 g/mol. The molecule has 0 unspecified atom stereocenters. The first-order valence-electron chi connectivity index (χ1n) is 9.34. The Morgan fingerprint density at radius 2 is 1.72 bits per heavy atom. The lowest BCUT2D eigenvalue weighted by molar-refractivity contribution is -0.138. The molecule has 0 aliphatic carbocycles. The van der Waals surface area contributed by atoms with Crippen molar-refractivity contribution in [1.82, 2.24) is 4.90 Å². The van der Waals surface area contributed by atoms with Crippen LogP contribution in [0.25, 0.3) is 6.08 Å². The van der Waals surface area contributed by atoms with Crippen LogP contribution in [-0.2, 0) is 20.7 Å². The van der Waals surface area contributed by atoms with Crippen molar-refractivity contribution in [2.45, 2.75) is 20.3 Å². The van der Waals surface area contributed by atoms with Crippen molar-refractivity contribution in [3.63, 3.8) is 0 Å². The summed E-state index contributed by atoms with van der Waals surface area (Å²) in [6, 6.07) is 15.0. The van der Waals surface area contributed by atoms with E-state index in [0.717, 1.165) is 5.56 Å². The Labute approximate surface area is 180 Å². The molecule has 0 fully saturated rings. The van der Waals surface area contributed by atoms with Crippen LogP contribution in [0.3, 0.4) is 0 Å². The summed E-state index contributed by atoms with van der Waals surface area (Å²) >= 11 is 12.5. The molecule has 1 aliphatic heterocycles. The molecule has 0 saturated heterocycles. The van der Waals surface area contributed by atoms with Gasteiger partial charge in [0.05, 0.1) is 17.8 Å². The van der Waals surface area contributed by atoms with E-state index in [1.165, 1.54) is 0 Å². The van der Waals surface area contributed by atoms with E-state index >= 15 is 0 Å². The molecule has 1 amide bonds. The molecule has 1 heterocycles. The molecule has 2 aromatic rings. The van der Waals surface area contributed by atoms with Crippen LogP contribution in [0.15, 0.2) is 65.4 Å². The number of esters is 1. The Bertz CT molecular complexity index is 976. The van der Waals surface area contributed by atoms with Gasteiger partial charge in [-0.2, -0.15) is 0 Å². The summed E-state index contributed by atoms with van der Waals surface area (Å²) in [6.07, 6.45) is 2.24. The molecule has 6 heteroatoms. The normalized spacial score (nSPS) is 15.4. The highest BCUT2D eigenvalue weighted by molar-refractivity contribution is 6.37. The van der Waals surface area contributed by atoms with Crippen molar-refractivity contribution in [2.24, 2.45) is 0 Å². The maximum absolute atomic E-state index is 13.2. The van der Waals surface area contributed by atoms with Crippen molar-refractivity contribution < 1.29 is 14.3 Å². The smallest absolute Gasteiger partial charge is 0.340 e. The van der Waals surface area contributed by atoms with Gasteiger partial charge in [0.1, 0.15) is 0 Å². The van der Waals surface area contributed by atoms with Crippen LogP contribution in [0.5, 0.6) is 0 Å². The number of hydrogen-bond acceptors (Lipinski definition) is 3. The monoisotopic (exact) mass is 429 g/mol. The zero-order chi connectivity index (χ0) is 21.0. The van der Waals surface area contributed by atoms with Gasteiger partial charge in [0.2, 0.25) is 0 Å². The van der Waals surface area contributed by atoms with Crippen molar-refractivity contribution >= 4 is 41.2 Å². The molecule has 3 rings (SSSR count). The van der Waals surface area contributed by atoms with Crippen LogP contribution in [0.2, 0.25) is 10.0 Å². The first kappa shape index (κ1) is 21.2. The van der Waals surface area contributed by atoms with Crippen LogP contribution in [0.1, 0.15) is 25.0 Å². The highest BCUT2D eigenvalue weighted by atomic mass is 35.5. The van der Waals surface area contributed by atoms with E-state index in [1.807, 2.05) is 30.3 Å². The van der Waals surface area contributed by atoms with E-state index in [1.54, 1.807) is 43.0 Å². The number of carbonyl (C=O) groups is 2. The van der Waals surface area contributed by atoms with Gasteiger partial charge in [-0.1, -0.05) is 59.6 Å². The number of allylic oxidation sites excluding steroid dienone is 1. The molecule has 29 heavy (non-hydrogen) atoms. The van der Waals surface area contributed by atoms with Crippen molar-refractivity contribution in [3.8, 4) is 0 Å². The fourth-order valence-electron chi connectivity index (χ4n) is 3.28. The van der Waals surface area contributed by atoms with Gasteiger partial charge in [-0.25, -0.2) is 4.79 Å². The topological polar surface area (TPSA) is 46.6 Å². The Hall–Kier alpha value is -2.56. The summed E-state index contributed by atoms with van der Waals surface area (Å²) in [5.74, 6) is -0.799. The molecule has 4 nitrogen and oxygen atoms in total. The van der Waals surface area contributed by atoms with E-state index in [2.05, 4.69) is 0 Å². The van der Waals surface area contributed by atoms with E-state index in [-0.39, 0.29) is 23.7 Å². The predicted molar refractivity (Wildman–Crippen MR) is 116 cm³/mol. The first-order valence-corrected chi connectivity index (χ1v) is 10.1. The van der Waals surface area contributed by atoms with Crippen molar-refractivity contribution in [1.29, 1.82) is 0 Å². The molecule has 0 aromatic heterocycles. The van der Waals surface area contributed by atoms with E-state index in [9.17, 15) is 9.59 Å². The number of ether oxygens (including phenoxy) is 1. The Balaban J connectivity index is 1.99. The molecular formula is C23H21Cl2NO3. The minimum Gasteiger partial charge on any atom is -0.462 e. The zero-order valence-corrected chi connectivity index (χ0v) is 17.8. The van der Waals surface area contributed by atoms with E-state index in [4.69, 9.17) is 27.9 Å². The van der Waals surface area contributed by atoms with Crippen LogP contribution in [0, 0.1) is 0 Å². The second kappa shape index (κ2) is 9.29. The van der Waals surface area contributed by atoms with Crippen molar-refractivity contribution in [3.05, 3.63) is 86.5 Å². The lowest BCUT2D eigenvalue weighted by Gasteiger charge is -2.17. The molecule has 0 radical (unpaired) electrons. The Kier molecular flexibility index (Phi) is 6.78. The minimum absolute atomic E-state index is 0.216. The van der Waals surface area contributed by atoms with Gasteiger partial charge < -0.3 is 9.64 Å². The van der Waals surface area contributed by atoms with E-state index in [0.29, 0.717) is 34.3 Å². The summed E-state index contributed by atoms with van der Waals surface area (Å²) in [4.78, 5) is 27.4. The molecule has 0 spiro atoms.